The van der Waals surface area contributed by atoms with Crippen LogP contribution in [0.2, 0.25) is 0 Å². The van der Waals surface area contributed by atoms with Gasteiger partial charge in [0.05, 0.1) is 33.3 Å². The Morgan fingerprint density at radius 1 is 1.16 bits per heavy atom. The molecule has 3 rings (SSSR count). The van der Waals surface area contributed by atoms with Crippen LogP contribution in [-0.2, 0) is 11.3 Å². The number of benzene rings is 1. The second-order valence-electron chi connectivity index (χ2n) is 6.13. The quantitative estimate of drug-likeness (QED) is 0.826. The molecule has 0 spiro atoms. The average molecular weight is 342 g/mol. The van der Waals surface area contributed by atoms with Gasteiger partial charge in [0, 0.05) is 18.0 Å². The summed E-state index contributed by atoms with van der Waals surface area (Å²) in [6, 6.07) is 11.3. The summed E-state index contributed by atoms with van der Waals surface area (Å²) in [7, 11) is 1.62. The number of nitrogens with one attached hydrogen (secondary N) is 1. The van der Waals surface area contributed by atoms with Crippen molar-refractivity contribution in [1.29, 1.82) is 0 Å². The van der Waals surface area contributed by atoms with Gasteiger partial charge in [0.25, 0.3) is 5.91 Å². The van der Waals surface area contributed by atoms with Gasteiger partial charge in [0.2, 0.25) is 0 Å². The molecule has 2 heterocycles. The number of amides is 1. The molecule has 1 aliphatic heterocycles. The maximum Gasteiger partial charge on any atom is 0.260 e. The molecule has 132 valence electrons. The van der Waals surface area contributed by atoms with Gasteiger partial charge in [-0.2, -0.15) is 0 Å². The number of carbonyl (C=O) groups excluding carboxylic acids is 1. The van der Waals surface area contributed by atoms with Crippen molar-refractivity contribution in [1.82, 2.24) is 9.88 Å². The summed E-state index contributed by atoms with van der Waals surface area (Å²) in [5.74, 6) is 1.48. The van der Waals surface area contributed by atoms with Crippen molar-refractivity contribution in [2.45, 2.75) is 6.54 Å². The first-order valence-corrected chi connectivity index (χ1v) is 8.51. The van der Waals surface area contributed by atoms with E-state index in [9.17, 15) is 4.79 Å². The highest BCUT2D eigenvalue weighted by molar-refractivity contribution is 5.77. The normalized spacial score (nSPS) is 15.0. The molecule has 0 bridgehead atoms. The lowest BCUT2D eigenvalue weighted by atomic mass is 10.2. The molecular formula is C19H24N3O3+. The van der Waals surface area contributed by atoms with Crippen molar-refractivity contribution < 1.29 is 19.2 Å². The number of methoxy groups -OCH3 is 1. The first kappa shape index (κ1) is 17.2. The monoisotopic (exact) mass is 342 g/mol. The molecule has 0 atom stereocenters. The summed E-state index contributed by atoms with van der Waals surface area (Å²) in [6.07, 6.45) is 3.70. The number of pyridine rings is 1. The van der Waals surface area contributed by atoms with E-state index in [1.165, 1.54) is 10.5 Å². The van der Waals surface area contributed by atoms with E-state index in [1.54, 1.807) is 13.3 Å². The molecule has 0 unspecified atom stereocenters. The molecule has 1 aromatic carbocycles. The number of ether oxygens (including phenoxy) is 2. The van der Waals surface area contributed by atoms with Crippen molar-refractivity contribution in [3.8, 4) is 11.5 Å². The summed E-state index contributed by atoms with van der Waals surface area (Å²) in [4.78, 5) is 19.8. The maximum absolute atomic E-state index is 12.3. The Bertz CT molecular complexity index is 668. The number of aromatic nitrogens is 1. The van der Waals surface area contributed by atoms with E-state index < -0.39 is 0 Å². The van der Waals surface area contributed by atoms with Gasteiger partial charge in [-0.15, -0.1) is 0 Å². The third kappa shape index (κ3) is 4.93. The number of piperazine rings is 1. The predicted octanol–water partition coefficient (Wildman–Crippen LogP) is 0.396. The minimum atomic E-state index is 0.0382. The first-order valence-electron chi connectivity index (χ1n) is 8.51. The molecule has 6 heteroatoms. The van der Waals surface area contributed by atoms with Crippen LogP contribution in [0.1, 0.15) is 5.56 Å². The smallest absolute Gasteiger partial charge is 0.260 e. The summed E-state index contributed by atoms with van der Waals surface area (Å²) in [5.41, 5.74) is 1.24. The second-order valence-corrected chi connectivity index (χ2v) is 6.13. The number of hydrogen-bond donors (Lipinski definition) is 1. The lowest BCUT2D eigenvalue weighted by Gasteiger charge is -2.32. The minimum absolute atomic E-state index is 0.0382. The Kier molecular flexibility index (Phi) is 5.85. The van der Waals surface area contributed by atoms with E-state index in [4.69, 9.17) is 9.47 Å². The molecule has 0 radical (unpaired) electrons. The number of quaternary nitrogens is 1. The van der Waals surface area contributed by atoms with Crippen LogP contribution in [0.5, 0.6) is 11.5 Å². The van der Waals surface area contributed by atoms with Gasteiger partial charge in [0.15, 0.2) is 6.61 Å². The Balaban J connectivity index is 1.41. The predicted molar refractivity (Wildman–Crippen MR) is 93.7 cm³/mol. The zero-order chi connectivity index (χ0) is 17.5. The minimum Gasteiger partial charge on any atom is -0.497 e. The Labute approximate surface area is 148 Å². The Hall–Kier alpha value is -2.60. The molecular weight excluding hydrogens is 318 g/mol. The summed E-state index contributed by atoms with van der Waals surface area (Å²) in [6.45, 7) is 4.45. The molecule has 25 heavy (non-hydrogen) atoms. The molecule has 1 amide bonds. The molecule has 6 nitrogen and oxygen atoms in total. The van der Waals surface area contributed by atoms with Gasteiger partial charge >= 0.3 is 0 Å². The van der Waals surface area contributed by atoms with Crippen LogP contribution >= 0.6 is 0 Å². The molecule has 1 fully saturated rings. The molecule has 1 aromatic heterocycles. The standard InChI is InChI=1S/C19H23N3O3/c1-24-17-4-6-18(7-5-17)25-15-19(23)22-11-9-21(10-12-22)14-16-3-2-8-20-13-16/h2-8,13H,9-12,14-15H2,1H3/p+1. The fourth-order valence-corrected chi connectivity index (χ4v) is 2.95. The van der Waals surface area contributed by atoms with E-state index in [0.29, 0.717) is 5.75 Å². The third-order valence-corrected chi connectivity index (χ3v) is 4.42. The Morgan fingerprint density at radius 2 is 1.88 bits per heavy atom. The largest absolute Gasteiger partial charge is 0.497 e. The van der Waals surface area contributed by atoms with Crippen LogP contribution in [0.15, 0.2) is 48.8 Å². The van der Waals surface area contributed by atoms with Crippen LogP contribution in [0, 0.1) is 0 Å². The van der Waals surface area contributed by atoms with Gasteiger partial charge in [0.1, 0.15) is 18.0 Å². The zero-order valence-electron chi connectivity index (χ0n) is 14.5. The van der Waals surface area contributed by atoms with Gasteiger partial charge in [-0.05, 0) is 30.3 Å². The highest BCUT2D eigenvalue weighted by atomic mass is 16.5. The number of nitrogens with zero attached hydrogens (tertiary/aromatic N) is 2. The van der Waals surface area contributed by atoms with Crippen LogP contribution in [0.4, 0.5) is 0 Å². The van der Waals surface area contributed by atoms with Crippen molar-refractivity contribution in [3.63, 3.8) is 0 Å². The lowest BCUT2D eigenvalue weighted by molar-refractivity contribution is -0.917. The first-order chi connectivity index (χ1) is 12.2. The zero-order valence-corrected chi connectivity index (χ0v) is 14.5. The molecule has 0 aliphatic carbocycles. The van der Waals surface area contributed by atoms with Crippen molar-refractivity contribution in [2.24, 2.45) is 0 Å². The van der Waals surface area contributed by atoms with Gasteiger partial charge in [-0.3, -0.25) is 9.78 Å². The highest BCUT2D eigenvalue weighted by Crippen LogP contribution is 2.16. The van der Waals surface area contributed by atoms with E-state index in [0.717, 1.165) is 38.5 Å². The molecule has 2 aromatic rings. The van der Waals surface area contributed by atoms with E-state index in [1.807, 2.05) is 41.4 Å². The van der Waals surface area contributed by atoms with Crippen molar-refractivity contribution in [3.05, 3.63) is 54.4 Å². The van der Waals surface area contributed by atoms with Crippen LogP contribution in [-0.4, -0.2) is 55.7 Å². The van der Waals surface area contributed by atoms with Crippen LogP contribution < -0.4 is 14.4 Å². The highest BCUT2D eigenvalue weighted by Gasteiger charge is 2.24. The summed E-state index contributed by atoms with van der Waals surface area (Å²) in [5, 5.41) is 0. The number of carbonyl (C=O) groups is 1. The molecule has 1 saturated heterocycles. The van der Waals surface area contributed by atoms with E-state index >= 15 is 0 Å². The van der Waals surface area contributed by atoms with Gasteiger partial charge in [-0.25, -0.2) is 0 Å². The van der Waals surface area contributed by atoms with Crippen molar-refractivity contribution in [2.75, 3.05) is 39.9 Å². The maximum atomic E-state index is 12.3. The van der Waals surface area contributed by atoms with E-state index in [-0.39, 0.29) is 12.5 Å². The molecule has 0 saturated carbocycles. The number of rotatable bonds is 6. The molecule has 1 aliphatic rings. The fraction of sp³-hybridized carbons (Fsp3) is 0.368. The van der Waals surface area contributed by atoms with Crippen LogP contribution in [0.25, 0.3) is 0 Å². The van der Waals surface area contributed by atoms with E-state index in [2.05, 4.69) is 11.1 Å². The van der Waals surface area contributed by atoms with Crippen LogP contribution in [0.3, 0.4) is 0 Å². The molecule has 1 N–H and O–H groups in total. The number of hydrogen-bond acceptors (Lipinski definition) is 4. The SMILES string of the molecule is COc1ccc(OCC(=O)N2CC[NH+](Cc3cccnc3)CC2)cc1. The fourth-order valence-electron chi connectivity index (χ4n) is 2.95. The summed E-state index contributed by atoms with van der Waals surface area (Å²) >= 11 is 0. The van der Waals surface area contributed by atoms with Gasteiger partial charge in [-0.1, -0.05) is 6.07 Å². The third-order valence-electron chi connectivity index (χ3n) is 4.42. The lowest BCUT2D eigenvalue weighted by Crippen LogP contribution is -3.13. The van der Waals surface area contributed by atoms with Gasteiger partial charge < -0.3 is 19.3 Å². The average Bonchev–Trinajstić information content (AvgIpc) is 2.68. The summed E-state index contributed by atoms with van der Waals surface area (Å²) < 4.78 is 10.7. The second kappa shape index (κ2) is 8.48. The topological polar surface area (TPSA) is 56.1 Å². The van der Waals surface area contributed by atoms with Crippen molar-refractivity contribution >= 4 is 5.91 Å². The Morgan fingerprint density at radius 3 is 2.52 bits per heavy atom.